The number of amides is 1. The third-order valence-electron chi connectivity index (χ3n) is 4.42. The minimum absolute atomic E-state index is 0.0382. The first-order chi connectivity index (χ1) is 13.0. The Balaban J connectivity index is 1.73. The van der Waals surface area contributed by atoms with Crippen LogP contribution < -0.4 is 20.1 Å². The van der Waals surface area contributed by atoms with Crippen molar-refractivity contribution < 1.29 is 17.9 Å². The van der Waals surface area contributed by atoms with E-state index in [9.17, 15) is 13.2 Å². The van der Waals surface area contributed by atoms with Gasteiger partial charge >= 0.3 is 0 Å². The Bertz CT molecular complexity index is 891. The number of hydrogen-bond acceptors (Lipinski definition) is 5. The summed E-state index contributed by atoms with van der Waals surface area (Å²) in [6, 6.07) is 12.7. The number of hydrogen-bond donors (Lipinski definition) is 3. The normalized spacial score (nSPS) is 15.1. The van der Waals surface area contributed by atoms with Gasteiger partial charge in [-0.25, -0.2) is 8.42 Å². The molecule has 3 rings (SSSR count). The molecule has 0 aliphatic carbocycles. The second kappa shape index (κ2) is 8.41. The molecule has 2 aromatic carbocycles. The Hall–Kier alpha value is -2.58. The highest BCUT2D eigenvalue weighted by Gasteiger charge is 2.19. The van der Waals surface area contributed by atoms with E-state index in [4.69, 9.17) is 4.74 Å². The summed E-state index contributed by atoms with van der Waals surface area (Å²) in [4.78, 5) is 12.5. The van der Waals surface area contributed by atoms with Gasteiger partial charge in [-0.1, -0.05) is 6.07 Å². The lowest BCUT2D eigenvalue weighted by molar-refractivity contribution is 0.0929. The van der Waals surface area contributed by atoms with Gasteiger partial charge < -0.3 is 15.4 Å². The summed E-state index contributed by atoms with van der Waals surface area (Å²) in [6.07, 6.45) is 1.73. The van der Waals surface area contributed by atoms with Gasteiger partial charge in [-0.3, -0.25) is 9.52 Å². The van der Waals surface area contributed by atoms with Gasteiger partial charge in [-0.05, 0) is 68.4 Å². The number of ether oxygens (including phenoxy) is 1. The Morgan fingerprint density at radius 1 is 1.11 bits per heavy atom. The molecule has 1 heterocycles. The van der Waals surface area contributed by atoms with Crippen LogP contribution >= 0.6 is 0 Å². The van der Waals surface area contributed by atoms with Gasteiger partial charge in [-0.2, -0.15) is 0 Å². The third kappa shape index (κ3) is 4.99. The van der Waals surface area contributed by atoms with Gasteiger partial charge in [0, 0.05) is 17.3 Å². The fraction of sp³-hybridized carbons (Fsp3) is 0.316. The van der Waals surface area contributed by atoms with Crippen molar-refractivity contribution in [3.8, 4) is 5.75 Å². The zero-order valence-corrected chi connectivity index (χ0v) is 15.9. The van der Waals surface area contributed by atoms with Gasteiger partial charge in [-0.15, -0.1) is 0 Å². The largest absolute Gasteiger partial charge is 0.497 e. The fourth-order valence-corrected chi connectivity index (χ4v) is 4.02. The second-order valence-corrected chi connectivity index (χ2v) is 8.04. The van der Waals surface area contributed by atoms with Crippen molar-refractivity contribution >= 4 is 21.6 Å². The van der Waals surface area contributed by atoms with Crippen molar-refractivity contribution in [3.63, 3.8) is 0 Å². The van der Waals surface area contributed by atoms with E-state index in [1.54, 1.807) is 43.5 Å². The van der Waals surface area contributed by atoms with Gasteiger partial charge in [0.2, 0.25) is 0 Å². The number of piperidine rings is 1. The number of sulfonamides is 1. The molecule has 1 saturated heterocycles. The van der Waals surface area contributed by atoms with Gasteiger partial charge in [0.05, 0.1) is 12.0 Å². The van der Waals surface area contributed by atoms with Crippen molar-refractivity contribution in [2.45, 2.75) is 23.8 Å². The number of nitrogens with one attached hydrogen (secondary N) is 3. The molecule has 1 amide bonds. The average molecular weight is 389 g/mol. The molecular formula is C19H23N3O4S. The van der Waals surface area contributed by atoms with Crippen LogP contribution in [0.2, 0.25) is 0 Å². The number of carbonyl (C=O) groups is 1. The van der Waals surface area contributed by atoms with E-state index in [1.807, 2.05) is 0 Å². The van der Waals surface area contributed by atoms with E-state index in [2.05, 4.69) is 15.4 Å². The average Bonchev–Trinajstić information content (AvgIpc) is 2.69. The molecule has 2 aromatic rings. The molecule has 8 heteroatoms. The van der Waals surface area contributed by atoms with Gasteiger partial charge in [0.1, 0.15) is 5.75 Å². The molecule has 0 atom stereocenters. The third-order valence-corrected chi connectivity index (χ3v) is 5.80. The molecule has 1 fully saturated rings. The molecule has 27 heavy (non-hydrogen) atoms. The van der Waals surface area contributed by atoms with Crippen molar-refractivity contribution in [2.75, 3.05) is 24.9 Å². The number of anilines is 1. The number of benzene rings is 2. The lowest BCUT2D eigenvalue weighted by Gasteiger charge is -2.23. The summed E-state index contributed by atoms with van der Waals surface area (Å²) >= 11 is 0. The molecular weight excluding hydrogens is 366 g/mol. The summed E-state index contributed by atoms with van der Waals surface area (Å²) in [5, 5.41) is 6.21. The van der Waals surface area contributed by atoms with Crippen LogP contribution in [0.3, 0.4) is 0 Å². The molecule has 144 valence electrons. The lowest BCUT2D eigenvalue weighted by Crippen LogP contribution is -2.42. The maximum atomic E-state index is 12.6. The summed E-state index contributed by atoms with van der Waals surface area (Å²) in [5.41, 5.74) is 0.742. The number of rotatable bonds is 6. The molecule has 0 aromatic heterocycles. The van der Waals surface area contributed by atoms with Crippen LogP contribution in [0, 0.1) is 0 Å². The van der Waals surface area contributed by atoms with Crippen LogP contribution in [0.4, 0.5) is 5.69 Å². The predicted molar refractivity (Wildman–Crippen MR) is 104 cm³/mol. The van der Waals surface area contributed by atoms with Gasteiger partial charge in [0.25, 0.3) is 15.9 Å². The SMILES string of the molecule is COc1ccc(NS(=O)(=O)c2cccc(C(=O)NC3CCNCC3)c2)cc1. The standard InChI is InChI=1S/C19H23N3O4S/c1-26-17-7-5-16(6-8-17)22-27(24,25)18-4-2-3-14(13-18)19(23)21-15-9-11-20-12-10-15/h2-8,13,15,20,22H,9-12H2,1H3,(H,21,23). The minimum atomic E-state index is -3.80. The Kier molecular flexibility index (Phi) is 5.98. The van der Waals surface area contributed by atoms with Crippen molar-refractivity contribution in [3.05, 3.63) is 54.1 Å². The minimum Gasteiger partial charge on any atom is -0.497 e. The molecule has 1 aliphatic heterocycles. The van der Waals surface area contributed by atoms with Crippen LogP contribution in [0.1, 0.15) is 23.2 Å². The maximum Gasteiger partial charge on any atom is 0.261 e. The Morgan fingerprint density at radius 3 is 2.48 bits per heavy atom. The maximum absolute atomic E-state index is 12.6. The topological polar surface area (TPSA) is 96.5 Å². The Labute approximate surface area is 159 Å². The van der Waals surface area contributed by atoms with Crippen LogP contribution in [-0.4, -0.2) is 40.6 Å². The monoisotopic (exact) mass is 389 g/mol. The van der Waals surface area contributed by atoms with E-state index < -0.39 is 10.0 Å². The first-order valence-electron chi connectivity index (χ1n) is 8.76. The summed E-state index contributed by atoms with van der Waals surface area (Å²) in [5.74, 6) is 0.373. The molecule has 7 nitrogen and oxygen atoms in total. The molecule has 3 N–H and O–H groups in total. The first-order valence-corrected chi connectivity index (χ1v) is 10.2. The van der Waals surface area contributed by atoms with Gasteiger partial charge in [0.15, 0.2) is 0 Å². The van der Waals surface area contributed by atoms with E-state index >= 15 is 0 Å². The van der Waals surface area contributed by atoms with Crippen molar-refractivity contribution in [1.82, 2.24) is 10.6 Å². The predicted octanol–water partition coefficient (Wildman–Crippen LogP) is 1.98. The van der Waals surface area contributed by atoms with Crippen LogP contribution in [-0.2, 0) is 10.0 Å². The smallest absolute Gasteiger partial charge is 0.261 e. The summed E-state index contributed by atoms with van der Waals surface area (Å²) in [7, 11) is -2.26. The van der Waals surface area contributed by atoms with E-state index in [0.29, 0.717) is 17.0 Å². The Morgan fingerprint density at radius 2 is 1.81 bits per heavy atom. The van der Waals surface area contributed by atoms with E-state index in [0.717, 1.165) is 25.9 Å². The zero-order valence-electron chi connectivity index (χ0n) is 15.1. The molecule has 1 aliphatic rings. The first kappa shape index (κ1) is 19.2. The van der Waals surface area contributed by atoms with Crippen LogP contribution in [0.5, 0.6) is 5.75 Å². The van der Waals surface area contributed by atoms with Crippen molar-refractivity contribution in [1.29, 1.82) is 0 Å². The number of carbonyl (C=O) groups excluding carboxylic acids is 1. The molecule has 0 radical (unpaired) electrons. The van der Waals surface area contributed by atoms with E-state index in [-0.39, 0.29) is 16.8 Å². The number of methoxy groups -OCH3 is 1. The quantitative estimate of drug-likeness (QED) is 0.702. The second-order valence-electron chi connectivity index (χ2n) is 6.36. The highest BCUT2D eigenvalue weighted by Crippen LogP contribution is 2.20. The van der Waals surface area contributed by atoms with E-state index in [1.165, 1.54) is 12.1 Å². The molecule has 0 spiro atoms. The highest BCUT2D eigenvalue weighted by molar-refractivity contribution is 7.92. The summed E-state index contributed by atoms with van der Waals surface area (Å²) < 4.78 is 32.8. The highest BCUT2D eigenvalue weighted by atomic mass is 32.2. The lowest BCUT2D eigenvalue weighted by atomic mass is 10.1. The molecule has 0 bridgehead atoms. The molecule has 0 saturated carbocycles. The van der Waals surface area contributed by atoms with Crippen LogP contribution in [0.15, 0.2) is 53.4 Å². The fourth-order valence-electron chi connectivity index (χ4n) is 2.91. The van der Waals surface area contributed by atoms with Crippen LogP contribution in [0.25, 0.3) is 0 Å². The molecule has 0 unspecified atom stereocenters. The summed E-state index contributed by atoms with van der Waals surface area (Å²) in [6.45, 7) is 1.73. The van der Waals surface area contributed by atoms with Crippen molar-refractivity contribution in [2.24, 2.45) is 0 Å². The zero-order chi connectivity index (χ0) is 19.3.